The maximum Gasteiger partial charge on any atom is 0.246 e. The van der Waals surface area contributed by atoms with E-state index in [4.69, 9.17) is 0 Å². The van der Waals surface area contributed by atoms with Crippen LogP contribution in [0, 0.1) is 5.92 Å². The number of amides is 1. The first-order valence-electron chi connectivity index (χ1n) is 9.96. The van der Waals surface area contributed by atoms with E-state index in [1.807, 2.05) is 13.2 Å². The van der Waals surface area contributed by atoms with E-state index >= 15 is 0 Å². The fraction of sp³-hybridized carbons (Fsp3) is 0.737. The monoisotopic (exact) mass is 503 g/mol. The number of piperazine rings is 1. The predicted molar refractivity (Wildman–Crippen MR) is 123 cm³/mol. The lowest BCUT2D eigenvalue weighted by Gasteiger charge is -2.36. The zero-order chi connectivity index (χ0) is 19.4. The van der Waals surface area contributed by atoms with Gasteiger partial charge in [0, 0.05) is 52.5 Å². The summed E-state index contributed by atoms with van der Waals surface area (Å²) >= 11 is 0. The molecule has 0 spiro atoms. The maximum atomic E-state index is 12.6. The standard InChI is InChI=1S/C19H33N7O.HI/c1-15(2)12-24-7-5-6-16(24)10-21-19(20-3)25-8-9-26(18(27)14-25)17-11-22-23(4)13-17;/h11,13,15-16H,5-10,12,14H2,1-4H3,(H,20,21);1H/t16-;/m1./s1. The van der Waals surface area contributed by atoms with Crippen molar-refractivity contribution in [2.24, 2.45) is 18.0 Å². The van der Waals surface area contributed by atoms with Gasteiger partial charge in [-0.05, 0) is 25.3 Å². The van der Waals surface area contributed by atoms with Crippen molar-refractivity contribution in [2.45, 2.75) is 32.7 Å². The van der Waals surface area contributed by atoms with Gasteiger partial charge in [-0.25, -0.2) is 0 Å². The zero-order valence-corrected chi connectivity index (χ0v) is 19.8. The summed E-state index contributed by atoms with van der Waals surface area (Å²) in [7, 11) is 3.66. The average Bonchev–Trinajstić information content (AvgIpc) is 3.24. The van der Waals surface area contributed by atoms with Crippen LogP contribution < -0.4 is 10.2 Å². The van der Waals surface area contributed by atoms with E-state index in [-0.39, 0.29) is 29.9 Å². The van der Waals surface area contributed by atoms with Crippen LogP contribution in [-0.2, 0) is 11.8 Å². The van der Waals surface area contributed by atoms with E-state index in [0.29, 0.717) is 25.0 Å². The number of guanidine groups is 1. The number of aliphatic imine (C=N–C) groups is 1. The van der Waals surface area contributed by atoms with Crippen molar-refractivity contribution < 1.29 is 4.79 Å². The lowest BCUT2D eigenvalue weighted by molar-refractivity contribution is -0.120. The Hall–Kier alpha value is -1.36. The molecule has 1 amide bonds. The van der Waals surface area contributed by atoms with Crippen LogP contribution in [0.25, 0.3) is 0 Å². The lowest BCUT2D eigenvalue weighted by atomic mass is 10.1. The van der Waals surface area contributed by atoms with Crippen LogP contribution in [0.1, 0.15) is 26.7 Å². The number of carbonyl (C=O) groups excluding carboxylic acids is 1. The Morgan fingerprint density at radius 2 is 2.14 bits per heavy atom. The average molecular weight is 503 g/mol. The predicted octanol–water partition coefficient (Wildman–Crippen LogP) is 1.38. The minimum atomic E-state index is 0. The van der Waals surface area contributed by atoms with Gasteiger partial charge in [-0.2, -0.15) is 5.10 Å². The number of nitrogens with zero attached hydrogens (tertiary/aromatic N) is 6. The highest BCUT2D eigenvalue weighted by Crippen LogP contribution is 2.19. The minimum absolute atomic E-state index is 0. The molecule has 1 atom stereocenters. The van der Waals surface area contributed by atoms with Crippen LogP contribution in [0.3, 0.4) is 0 Å². The third kappa shape index (κ3) is 5.59. The van der Waals surface area contributed by atoms with Crippen LogP contribution in [-0.4, -0.2) is 83.8 Å². The Kier molecular flexibility index (Phi) is 8.54. The number of aryl methyl sites for hydroxylation is 1. The highest BCUT2D eigenvalue weighted by molar-refractivity contribution is 14.0. The van der Waals surface area contributed by atoms with Gasteiger partial charge < -0.3 is 15.1 Å². The van der Waals surface area contributed by atoms with Gasteiger partial charge in [0.15, 0.2) is 5.96 Å². The second-order valence-electron chi connectivity index (χ2n) is 7.95. The molecule has 0 saturated carbocycles. The number of rotatable bonds is 5. The topological polar surface area (TPSA) is 69.0 Å². The van der Waals surface area contributed by atoms with Crippen molar-refractivity contribution in [3.63, 3.8) is 0 Å². The molecule has 0 bridgehead atoms. The SMILES string of the molecule is CN=C(NC[C@H]1CCCN1CC(C)C)N1CCN(c2cnn(C)c2)C(=O)C1.I. The van der Waals surface area contributed by atoms with Gasteiger partial charge in [-0.15, -0.1) is 24.0 Å². The summed E-state index contributed by atoms with van der Waals surface area (Å²) < 4.78 is 1.72. The molecular weight excluding hydrogens is 469 g/mol. The molecule has 2 saturated heterocycles. The Labute approximate surface area is 185 Å². The third-order valence-corrected chi connectivity index (χ3v) is 5.33. The van der Waals surface area contributed by atoms with Crippen LogP contribution >= 0.6 is 24.0 Å². The first kappa shape index (κ1) is 22.9. The fourth-order valence-electron chi connectivity index (χ4n) is 4.05. The molecule has 158 valence electrons. The van der Waals surface area contributed by atoms with E-state index in [1.54, 1.807) is 22.8 Å². The Morgan fingerprint density at radius 3 is 2.75 bits per heavy atom. The molecule has 3 heterocycles. The number of likely N-dealkylation sites (tertiary alicyclic amines) is 1. The smallest absolute Gasteiger partial charge is 0.246 e. The van der Waals surface area contributed by atoms with Gasteiger partial charge >= 0.3 is 0 Å². The molecule has 28 heavy (non-hydrogen) atoms. The summed E-state index contributed by atoms with van der Waals surface area (Å²) in [5.74, 6) is 1.59. The molecule has 9 heteroatoms. The Bertz CT molecular complexity index is 675. The van der Waals surface area contributed by atoms with Crippen LogP contribution in [0.5, 0.6) is 0 Å². The summed E-state index contributed by atoms with van der Waals surface area (Å²) in [4.78, 5) is 23.5. The molecular formula is C19H34IN7O. The molecule has 0 unspecified atom stereocenters. The van der Waals surface area contributed by atoms with Crippen molar-refractivity contribution in [2.75, 3.05) is 51.2 Å². The van der Waals surface area contributed by atoms with Gasteiger partial charge in [0.2, 0.25) is 5.91 Å². The fourth-order valence-corrected chi connectivity index (χ4v) is 4.05. The number of anilines is 1. The first-order valence-corrected chi connectivity index (χ1v) is 9.96. The molecule has 1 N–H and O–H groups in total. The summed E-state index contributed by atoms with van der Waals surface area (Å²) in [6.45, 7) is 9.52. The zero-order valence-electron chi connectivity index (χ0n) is 17.5. The minimum Gasteiger partial charge on any atom is -0.355 e. The number of hydrogen-bond donors (Lipinski definition) is 1. The van der Waals surface area contributed by atoms with Gasteiger partial charge in [0.25, 0.3) is 0 Å². The van der Waals surface area contributed by atoms with Gasteiger partial charge in [0.1, 0.15) is 6.54 Å². The van der Waals surface area contributed by atoms with Crippen molar-refractivity contribution in [1.29, 1.82) is 0 Å². The number of aromatic nitrogens is 2. The number of carbonyl (C=O) groups is 1. The molecule has 2 aliphatic rings. The van der Waals surface area contributed by atoms with Crippen LogP contribution in [0.2, 0.25) is 0 Å². The normalized spacial score (nSPS) is 21.4. The van der Waals surface area contributed by atoms with Crippen molar-refractivity contribution in [3.8, 4) is 0 Å². The molecule has 2 fully saturated rings. The van der Waals surface area contributed by atoms with Gasteiger partial charge in [-0.3, -0.25) is 19.4 Å². The number of nitrogens with one attached hydrogen (secondary N) is 1. The van der Waals surface area contributed by atoms with E-state index in [1.165, 1.54) is 19.4 Å². The van der Waals surface area contributed by atoms with E-state index < -0.39 is 0 Å². The molecule has 8 nitrogen and oxygen atoms in total. The second kappa shape index (κ2) is 10.4. The quantitative estimate of drug-likeness (QED) is 0.374. The molecule has 0 radical (unpaired) electrons. The van der Waals surface area contributed by atoms with Gasteiger partial charge in [-0.1, -0.05) is 13.8 Å². The number of hydrogen-bond acceptors (Lipinski definition) is 4. The molecule has 2 aliphatic heterocycles. The summed E-state index contributed by atoms with van der Waals surface area (Å²) in [6.07, 6.45) is 6.11. The second-order valence-corrected chi connectivity index (χ2v) is 7.95. The van der Waals surface area contributed by atoms with Crippen LogP contribution in [0.4, 0.5) is 5.69 Å². The third-order valence-electron chi connectivity index (χ3n) is 5.33. The first-order chi connectivity index (χ1) is 13.0. The molecule has 0 aromatic carbocycles. The highest BCUT2D eigenvalue weighted by Gasteiger charge is 2.29. The highest BCUT2D eigenvalue weighted by atomic mass is 127. The molecule has 3 rings (SSSR count). The molecule has 1 aromatic rings. The van der Waals surface area contributed by atoms with Crippen molar-refractivity contribution in [3.05, 3.63) is 12.4 Å². The number of halogens is 1. The van der Waals surface area contributed by atoms with E-state index in [0.717, 1.165) is 31.3 Å². The van der Waals surface area contributed by atoms with E-state index in [2.05, 4.69) is 39.1 Å². The molecule has 0 aliphatic carbocycles. The Balaban J connectivity index is 0.00000280. The van der Waals surface area contributed by atoms with Crippen molar-refractivity contribution in [1.82, 2.24) is 24.9 Å². The summed E-state index contributed by atoms with van der Waals surface area (Å²) in [5.41, 5.74) is 0.861. The Morgan fingerprint density at radius 1 is 1.36 bits per heavy atom. The van der Waals surface area contributed by atoms with Gasteiger partial charge in [0.05, 0.1) is 11.9 Å². The summed E-state index contributed by atoms with van der Waals surface area (Å²) in [6, 6.07) is 0.552. The molecule has 1 aromatic heterocycles. The van der Waals surface area contributed by atoms with E-state index in [9.17, 15) is 4.79 Å². The lowest BCUT2D eigenvalue weighted by Crippen LogP contribution is -2.56. The van der Waals surface area contributed by atoms with Crippen molar-refractivity contribution >= 4 is 41.5 Å². The summed E-state index contributed by atoms with van der Waals surface area (Å²) in [5, 5.41) is 7.68. The largest absolute Gasteiger partial charge is 0.355 e. The maximum absolute atomic E-state index is 12.6. The van der Waals surface area contributed by atoms with Crippen LogP contribution in [0.15, 0.2) is 17.4 Å².